The molecule has 30 heavy (non-hydrogen) atoms. The van der Waals surface area contributed by atoms with Crippen LogP contribution in [0.1, 0.15) is 20.9 Å². The number of rotatable bonds is 8. The molecule has 1 amide bonds. The topological polar surface area (TPSA) is 132 Å². The van der Waals surface area contributed by atoms with Gasteiger partial charge in [0, 0.05) is 18.0 Å². The maximum absolute atomic E-state index is 11.0. The molecule has 0 saturated heterocycles. The van der Waals surface area contributed by atoms with Gasteiger partial charge in [0.1, 0.15) is 17.2 Å². The van der Waals surface area contributed by atoms with Crippen molar-refractivity contribution in [3.8, 4) is 11.5 Å². The van der Waals surface area contributed by atoms with Crippen molar-refractivity contribution in [3.63, 3.8) is 0 Å². The third-order valence-corrected chi connectivity index (χ3v) is 4.54. The Bertz CT molecular complexity index is 1010. The molecule has 10 heteroatoms. The van der Waals surface area contributed by atoms with Gasteiger partial charge in [-0.25, -0.2) is 4.98 Å². The van der Waals surface area contributed by atoms with E-state index >= 15 is 0 Å². The highest BCUT2D eigenvalue weighted by Gasteiger charge is 2.03. The maximum atomic E-state index is 11.0. The first-order valence-corrected chi connectivity index (χ1v) is 11.6. The van der Waals surface area contributed by atoms with E-state index in [0.29, 0.717) is 12.0 Å². The van der Waals surface area contributed by atoms with Crippen molar-refractivity contribution >= 4 is 27.4 Å². The summed E-state index contributed by atoms with van der Waals surface area (Å²) < 4.78 is 31.6. The number of nitrogens with two attached hydrogens (primary N) is 1. The second kappa shape index (κ2) is 11.4. The lowest BCUT2D eigenvalue weighted by Crippen LogP contribution is -2.16. The predicted octanol–water partition coefficient (Wildman–Crippen LogP) is 2.87. The Morgan fingerprint density at radius 3 is 2.37 bits per heavy atom. The molecule has 0 saturated carbocycles. The fourth-order valence-corrected chi connectivity index (χ4v) is 3.01. The van der Waals surface area contributed by atoms with Crippen molar-refractivity contribution < 1.29 is 22.5 Å². The van der Waals surface area contributed by atoms with E-state index in [1.807, 2.05) is 24.3 Å². The number of nitrogens with zero attached hydrogens (tertiary/aromatic N) is 1. The molecule has 8 nitrogen and oxygen atoms in total. The first kappa shape index (κ1) is 23.5. The molecule has 2 aromatic heterocycles. The lowest BCUT2D eigenvalue weighted by Gasteiger charge is -2.08. The van der Waals surface area contributed by atoms with E-state index in [2.05, 4.69) is 27.8 Å². The SMILES string of the molecule is CS(=O)(=O)O.NC(=O)c1ccc(Oc2ccc(CNCCc3cccs3)cc2)cn1. The Balaban J connectivity index is 0.000000575. The molecule has 0 aliphatic heterocycles. The molecule has 4 N–H and O–H groups in total. The van der Waals surface area contributed by atoms with Gasteiger partial charge in [-0.2, -0.15) is 8.42 Å². The molecule has 0 aliphatic carbocycles. The van der Waals surface area contributed by atoms with E-state index < -0.39 is 16.0 Å². The van der Waals surface area contributed by atoms with Gasteiger partial charge in [0.25, 0.3) is 16.0 Å². The largest absolute Gasteiger partial charge is 0.456 e. The fourth-order valence-electron chi connectivity index (χ4n) is 2.30. The van der Waals surface area contributed by atoms with E-state index in [1.165, 1.54) is 16.6 Å². The van der Waals surface area contributed by atoms with E-state index in [1.54, 1.807) is 23.5 Å². The second-order valence-corrected chi connectivity index (χ2v) is 8.73. The molecule has 0 radical (unpaired) electrons. The molecule has 0 aliphatic rings. The molecule has 0 atom stereocenters. The number of hydrogen-bond acceptors (Lipinski definition) is 7. The number of aromatic nitrogens is 1. The number of nitrogens with one attached hydrogen (secondary N) is 1. The number of carbonyl (C=O) groups is 1. The van der Waals surface area contributed by atoms with Crippen LogP contribution in [0.3, 0.4) is 0 Å². The van der Waals surface area contributed by atoms with Crippen LogP contribution in [0, 0.1) is 0 Å². The van der Waals surface area contributed by atoms with Gasteiger partial charge >= 0.3 is 0 Å². The van der Waals surface area contributed by atoms with Crippen LogP contribution in [-0.4, -0.2) is 36.7 Å². The minimum absolute atomic E-state index is 0.219. The minimum Gasteiger partial charge on any atom is -0.456 e. The van der Waals surface area contributed by atoms with Crippen molar-refractivity contribution in [2.75, 3.05) is 12.8 Å². The Morgan fingerprint density at radius 2 is 1.83 bits per heavy atom. The monoisotopic (exact) mass is 449 g/mol. The molecule has 0 spiro atoms. The number of thiophene rings is 1. The first-order valence-electron chi connectivity index (χ1n) is 8.89. The molecule has 0 fully saturated rings. The fraction of sp³-hybridized carbons (Fsp3) is 0.200. The Hall–Kier alpha value is -2.79. The zero-order chi connectivity index (χ0) is 22.0. The Labute approximate surface area is 179 Å². The summed E-state index contributed by atoms with van der Waals surface area (Å²) in [4.78, 5) is 16.3. The van der Waals surface area contributed by atoms with Crippen molar-refractivity contribution in [1.82, 2.24) is 10.3 Å². The highest BCUT2D eigenvalue weighted by molar-refractivity contribution is 7.85. The molecular formula is C20H23N3O5S2. The van der Waals surface area contributed by atoms with Gasteiger partial charge < -0.3 is 15.8 Å². The quantitative estimate of drug-likeness (QED) is 0.356. The van der Waals surface area contributed by atoms with Gasteiger partial charge in [0.05, 0.1) is 12.5 Å². The van der Waals surface area contributed by atoms with Crippen LogP contribution in [0.4, 0.5) is 0 Å². The summed E-state index contributed by atoms with van der Waals surface area (Å²) in [6.07, 6.45) is 3.25. The van der Waals surface area contributed by atoms with E-state index in [9.17, 15) is 13.2 Å². The predicted molar refractivity (Wildman–Crippen MR) is 116 cm³/mol. The van der Waals surface area contributed by atoms with Crippen LogP contribution in [0.15, 0.2) is 60.1 Å². The van der Waals surface area contributed by atoms with Crippen LogP contribution in [0.25, 0.3) is 0 Å². The summed E-state index contributed by atoms with van der Waals surface area (Å²) in [5.41, 5.74) is 6.58. The van der Waals surface area contributed by atoms with Crippen LogP contribution >= 0.6 is 11.3 Å². The molecule has 0 bridgehead atoms. The Morgan fingerprint density at radius 1 is 1.17 bits per heavy atom. The molecule has 3 aromatic rings. The molecule has 3 rings (SSSR count). The zero-order valence-electron chi connectivity index (χ0n) is 16.3. The highest BCUT2D eigenvalue weighted by Crippen LogP contribution is 2.21. The number of hydrogen-bond donors (Lipinski definition) is 3. The third kappa shape index (κ3) is 9.61. The summed E-state index contributed by atoms with van der Waals surface area (Å²) in [5, 5.41) is 5.54. The number of primary amides is 1. The average Bonchev–Trinajstić information content (AvgIpc) is 3.19. The van der Waals surface area contributed by atoms with E-state index in [4.69, 9.17) is 15.0 Å². The second-order valence-electron chi connectivity index (χ2n) is 6.23. The van der Waals surface area contributed by atoms with Crippen LogP contribution in [0.5, 0.6) is 11.5 Å². The van der Waals surface area contributed by atoms with E-state index in [0.717, 1.165) is 25.3 Å². The Kier molecular flexibility index (Phi) is 8.93. The van der Waals surface area contributed by atoms with Crippen molar-refractivity contribution in [2.45, 2.75) is 13.0 Å². The first-order chi connectivity index (χ1) is 14.2. The summed E-state index contributed by atoms with van der Waals surface area (Å²) in [5.74, 6) is 0.727. The zero-order valence-corrected chi connectivity index (χ0v) is 17.9. The van der Waals surface area contributed by atoms with Gasteiger partial charge in [-0.1, -0.05) is 18.2 Å². The number of pyridine rings is 1. The van der Waals surface area contributed by atoms with Crippen LogP contribution in [0.2, 0.25) is 0 Å². The van der Waals surface area contributed by atoms with Gasteiger partial charge in [-0.3, -0.25) is 9.35 Å². The number of benzene rings is 1. The lowest BCUT2D eigenvalue weighted by atomic mass is 10.2. The highest BCUT2D eigenvalue weighted by atomic mass is 32.2. The molecule has 2 heterocycles. The van der Waals surface area contributed by atoms with Crippen LogP contribution in [-0.2, 0) is 23.1 Å². The van der Waals surface area contributed by atoms with E-state index in [-0.39, 0.29) is 5.69 Å². The number of amides is 1. The van der Waals surface area contributed by atoms with Crippen molar-refractivity contribution in [1.29, 1.82) is 0 Å². The standard InChI is InChI=1S/C19H19N3O2S.CH4O3S/c20-19(23)18-8-7-16(13-22-18)24-15-5-3-14(4-6-15)12-21-10-9-17-2-1-11-25-17;1-5(2,3)4/h1-8,11,13,21H,9-10,12H2,(H2,20,23);1H3,(H,2,3,4). The number of ether oxygens (including phenoxy) is 1. The van der Waals surface area contributed by atoms with Crippen molar-refractivity contribution in [3.05, 3.63) is 76.2 Å². The maximum Gasteiger partial charge on any atom is 0.267 e. The van der Waals surface area contributed by atoms with Gasteiger partial charge in [0.2, 0.25) is 0 Å². The average molecular weight is 450 g/mol. The summed E-state index contributed by atoms with van der Waals surface area (Å²) in [6, 6.07) is 15.3. The molecule has 160 valence electrons. The molecule has 1 aromatic carbocycles. The number of carbonyl (C=O) groups excluding carboxylic acids is 1. The molecule has 0 unspecified atom stereocenters. The smallest absolute Gasteiger partial charge is 0.267 e. The molecular weight excluding hydrogens is 426 g/mol. The van der Waals surface area contributed by atoms with Gasteiger partial charge in [-0.15, -0.1) is 11.3 Å². The summed E-state index contributed by atoms with van der Waals surface area (Å²) >= 11 is 1.79. The van der Waals surface area contributed by atoms with Gasteiger partial charge in [0.15, 0.2) is 0 Å². The summed E-state index contributed by atoms with van der Waals surface area (Å²) in [6.45, 7) is 1.77. The van der Waals surface area contributed by atoms with Crippen LogP contribution < -0.4 is 15.8 Å². The minimum atomic E-state index is -3.67. The summed E-state index contributed by atoms with van der Waals surface area (Å²) in [7, 11) is -3.67. The lowest BCUT2D eigenvalue weighted by molar-refractivity contribution is 0.0995. The normalized spacial score (nSPS) is 10.7. The van der Waals surface area contributed by atoms with Crippen molar-refractivity contribution in [2.24, 2.45) is 5.73 Å². The third-order valence-electron chi connectivity index (χ3n) is 3.61. The van der Waals surface area contributed by atoms with Gasteiger partial charge in [-0.05, 0) is 47.7 Å².